The summed E-state index contributed by atoms with van der Waals surface area (Å²) in [5, 5.41) is 2.07. The van der Waals surface area contributed by atoms with E-state index in [0.29, 0.717) is 6.54 Å². The highest BCUT2D eigenvalue weighted by Gasteiger charge is 2.19. The van der Waals surface area contributed by atoms with Gasteiger partial charge >= 0.3 is 6.03 Å². The van der Waals surface area contributed by atoms with E-state index >= 15 is 0 Å². The topological polar surface area (TPSA) is 84.7 Å². The monoisotopic (exact) mass is 265 g/mol. The van der Waals surface area contributed by atoms with E-state index in [-0.39, 0.29) is 0 Å². The Morgan fingerprint density at radius 3 is 2.42 bits per heavy atom. The second-order valence-electron chi connectivity index (χ2n) is 4.29. The summed E-state index contributed by atoms with van der Waals surface area (Å²) in [5.74, 6) is 0.370. The summed E-state index contributed by atoms with van der Waals surface area (Å²) in [4.78, 5) is 24.1. The van der Waals surface area contributed by atoms with Crippen LogP contribution in [0.25, 0.3) is 0 Å². The summed E-state index contributed by atoms with van der Waals surface area (Å²) in [6.07, 6.45) is 0. The molecule has 0 aliphatic rings. The number of hydrogen-bond acceptors (Lipinski definition) is 4. The van der Waals surface area contributed by atoms with Crippen molar-refractivity contribution in [3.8, 4) is 5.75 Å². The van der Waals surface area contributed by atoms with E-state index in [1.807, 2.05) is 29.2 Å². The predicted molar refractivity (Wildman–Crippen MR) is 71.6 cm³/mol. The molecule has 0 spiro atoms. The van der Waals surface area contributed by atoms with Gasteiger partial charge in [-0.05, 0) is 31.7 Å². The lowest BCUT2D eigenvalue weighted by Crippen LogP contribution is -2.46. The Hall–Kier alpha value is -2.08. The Kier molecular flexibility index (Phi) is 5.32. The molecule has 0 saturated carbocycles. The lowest BCUT2D eigenvalue weighted by atomic mass is 10.2. The van der Waals surface area contributed by atoms with Crippen LogP contribution < -0.4 is 15.8 Å². The van der Waals surface area contributed by atoms with E-state index in [1.54, 1.807) is 21.1 Å². The third kappa shape index (κ3) is 4.59. The fraction of sp³-hybridized carbons (Fsp3) is 0.385. The molecule has 3 amide bonds. The summed E-state index contributed by atoms with van der Waals surface area (Å²) in [6.45, 7) is 2.29. The average Bonchev–Trinajstić information content (AvgIpc) is 2.37. The molecule has 0 bridgehead atoms. The molecule has 6 heteroatoms. The second kappa shape index (κ2) is 6.75. The minimum atomic E-state index is -0.838. The molecule has 1 aromatic rings. The summed E-state index contributed by atoms with van der Waals surface area (Å²) in [5.41, 5.74) is 5.96. The van der Waals surface area contributed by atoms with Crippen LogP contribution in [0.4, 0.5) is 4.79 Å². The van der Waals surface area contributed by atoms with Crippen LogP contribution in [0.3, 0.4) is 0 Å². The molecule has 0 radical (unpaired) electrons. The predicted octanol–water partition coefficient (Wildman–Crippen LogP) is 0.710. The molecule has 1 aromatic carbocycles. The van der Waals surface area contributed by atoms with E-state index in [4.69, 9.17) is 10.5 Å². The first kappa shape index (κ1) is 15.0. The third-order valence-corrected chi connectivity index (χ3v) is 2.88. The van der Waals surface area contributed by atoms with E-state index in [1.165, 1.54) is 0 Å². The van der Waals surface area contributed by atoms with E-state index in [2.05, 4.69) is 5.32 Å². The number of nitrogens with one attached hydrogen (secondary N) is 1. The zero-order valence-corrected chi connectivity index (χ0v) is 11.3. The maximum Gasteiger partial charge on any atom is 0.318 e. The van der Waals surface area contributed by atoms with Gasteiger partial charge in [0.15, 0.2) is 0 Å². The molecule has 104 valence electrons. The Labute approximate surface area is 112 Å². The number of ether oxygens (including phenoxy) is 1. The number of nitrogens with two attached hydrogens (primary N) is 1. The number of methoxy groups -OCH3 is 1. The first-order chi connectivity index (χ1) is 8.93. The van der Waals surface area contributed by atoms with Crippen LogP contribution in [0.15, 0.2) is 24.3 Å². The molecule has 19 heavy (non-hydrogen) atoms. The van der Waals surface area contributed by atoms with E-state index < -0.39 is 18.0 Å². The van der Waals surface area contributed by atoms with E-state index in [9.17, 15) is 9.59 Å². The maximum absolute atomic E-state index is 11.6. The van der Waals surface area contributed by atoms with Crippen molar-refractivity contribution in [3.63, 3.8) is 0 Å². The van der Waals surface area contributed by atoms with Gasteiger partial charge in [0.25, 0.3) is 0 Å². The first-order valence-electron chi connectivity index (χ1n) is 5.87. The molecular formula is C13H19N3O3. The van der Waals surface area contributed by atoms with Gasteiger partial charge in [-0.15, -0.1) is 0 Å². The number of rotatable bonds is 5. The molecule has 0 aromatic heterocycles. The van der Waals surface area contributed by atoms with Crippen molar-refractivity contribution in [2.24, 2.45) is 5.73 Å². The van der Waals surface area contributed by atoms with Crippen molar-refractivity contribution in [1.82, 2.24) is 10.2 Å². The molecule has 1 atom stereocenters. The molecule has 0 saturated heterocycles. The molecular weight excluding hydrogens is 246 g/mol. The van der Waals surface area contributed by atoms with Gasteiger partial charge in [-0.3, -0.25) is 15.0 Å². The number of primary amides is 1. The van der Waals surface area contributed by atoms with Gasteiger partial charge in [0, 0.05) is 6.54 Å². The normalized spacial score (nSPS) is 12.0. The smallest absolute Gasteiger partial charge is 0.318 e. The number of carbonyl (C=O) groups excluding carboxylic acids is 2. The average molecular weight is 265 g/mol. The number of imide groups is 1. The van der Waals surface area contributed by atoms with Crippen molar-refractivity contribution in [1.29, 1.82) is 0 Å². The highest BCUT2D eigenvalue weighted by atomic mass is 16.5. The Bertz CT molecular complexity index is 445. The maximum atomic E-state index is 11.6. The summed E-state index contributed by atoms with van der Waals surface area (Å²) < 4.78 is 5.07. The Morgan fingerprint density at radius 2 is 1.95 bits per heavy atom. The zero-order chi connectivity index (χ0) is 14.4. The third-order valence-electron chi connectivity index (χ3n) is 2.88. The van der Waals surface area contributed by atoms with Crippen molar-refractivity contribution in [2.45, 2.75) is 19.5 Å². The van der Waals surface area contributed by atoms with Crippen LogP contribution in [0, 0.1) is 0 Å². The molecule has 0 fully saturated rings. The highest BCUT2D eigenvalue weighted by Crippen LogP contribution is 2.13. The van der Waals surface area contributed by atoms with Crippen LogP contribution in [-0.4, -0.2) is 37.0 Å². The highest BCUT2D eigenvalue weighted by molar-refractivity contribution is 5.96. The standard InChI is InChI=1S/C13H19N3O3/c1-9(12(17)15-13(14)18)16(2)8-10-4-6-11(19-3)7-5-10/h4-7,9H,8H2,1-3H3,(H3,14,15,17,18)/t9-/m1/s1. The number of hydrogen-bond donors (Lipinski definition) is 2. The number of benzene rings is 1. The minimum absolute atomic E-state index is 0.413. The lowest BCUT2D eigenvalue weighted by molar-refractivity contribution is -0.124. The Balaban J connectivity index is 2.59. The van der Waals surface area contributed by atoms with E-state index in [0.717, 1.165) is 11.3 Å². The number of urea groups is 1. The largest absolute Gasteiger partial charge is 0.497 e. The van der Waals surface area contributed by atoms with Crippen LogP contribution in [0.5, 0.6) is 5.75 Å². The summed E-state index contributed by atoms with van der Waals surface area (Å²) >= 11 is 0. The van der Waals surface area contributed by atoms with Gasteiger partial charge in [0.05, 0.1) is 13.2 Å². The van der Waals surface area contributed by atoms with Gasteiger partial charge in [-0.1, -0.05) is 12.1 Å². The van der Waals surface area contributed by atoms with Crippen LogP contribution >= 0.6 is 0 Å². The van der Waals surface area contributed by atoms with Crippen molar-refractivity contribution < 1.29 is 14.3 Å². The Morgan fingerprint density at radius 1 is 1.37 bits per heavy atom. The van der Waals surface area contributed by atoms with Gasteiger partial charge in [-0.25, -0.2) is 4.79 Å². The molecule has 0 aliphatic heterocycles. The molecule has 0 unspecified atom stereocenters. The number of likely N-dealkylation sites (N-methyl/N-ethyl adjacent to an activating group) is 1. The first-order valence-corrected chi connectivity index (χ1v) is 5.87. The molecule has 1 rings (SSSR count). The zero-order valence-electron chi connectivity index (χ0n) is 11.3. The van der Waals surface area contributed by atoms with Crippen LogP contribution in [0.1, 0.15) is 12.5 Å². The fourth-order valence-electron chi connectivity index (χ4n) is 1.58. The van der Waals surface area contributed by atoms with Crippen LogP contribution in [0.2, 0.25) is 0 Å². The number of nitrogens with zero attached hydrogens (tertiary/aromatic N) is 1. The molecule has 3 N–H and O–H groups in total. The quantitative estimate of drug-likeness (QED) is 0.821. The lowest BCUT2D eigenvalue weighted by Gasteiger charge is -2.23. The number of carbonyl (C=O) groups is 2. The second-order valence-corrected chi connectivity index (χ2v) is 4.29. The SMILES string of the molecule is COc1ccc(CN(C)[C@H](C)C(=O)NC(N)=O)cc1. The van der Waals surface area contributed by atoms with Crippen molar-refractivity contribution in [3.05, 3.63) is 29.8 Å². The molecule has 6 nitrogen and oxygen atoms in total. The van der Waals surface area contributed by atoms with Gasteiger partial charge < -0.3 is 10.5 Å². The summed E-state index contributed by atoms with van der Waals surface area (Å²) in [7, 11) is 3.41. The minimum Gasteiger partial charge on any atom is -0.497 e. The van der Waals surface area contributed by atoms with Gasteiger partial charge in [-0.2, -0.15) is 0 Å². The van der Waals surface area contributed by atoms with Crippen LogP contribution in [-0.2, 0) is 11.3 Å². The van der Waals surface area contributed by atoms with Gasteiger partial charge in [0.1, 0.15) is 5.75 Å². The van der Waals surface area contributed by atoms with Crippen molar-refractivity contribution >= 4 is 11.9 Å². The summed E-state index contributed by atoms with van der Waals surface area (Å²) in [6, 6.07) is 6.28. The fourth-order valence-corrected chi connectivity index (χ4v) is 1.58. The molecule has 0 aliphatic carbocycles. The molecule has 0 heterocycles. The number of amides is 3. The van der Waals surface area contributed by atoms with Gasteiger partial charge in [0.2, 0.25) is 5.91 Å². The van der Waals surface area contributed by atoms with Crippen molar-refractivity contribution in [2.75, 3.05) is 14.2 Å².